The zero-order valence-corrected chi connectivity index (χ0v) is 12.0. The van der Waals surface area contributed by atoms with Gasteiger partial charge >= 0.3 is 0 Å². The summed E-state index contributed by atoms with van der Waals surface area (Å²) < 4.78 is 10.4. The minimum Gasteiger partial charge on any atom is -0.383 e. The Balaban J connectivity index is 3.60. The Bertz CT molecular complexity index is 156. The fourth-order valence-corrected chi connectivity index (χ4v) is 1.66. The highest BCUT2D eigenvalue weighted by atomic mass is 16.5. The average molecular weight is 246 g/mol. The lowest BCUT2D eigenvalue weighted by molar-refractivity contribution is 0.121. The molecule has 0 fully saturated rings. The van der Waals surface area contributed by atoms with E-state index in [0.29, 0.717) is 6.04 Å². The molecule has 0 aliphatic carbocycles. The fraction of sp³-hybridized carbons (Fsp3) is 1.00. The molecule has 0 saturated carbocycles. The summed E-state index contributed by atoms with van der Waals surface area (Å²) in [7, 11) is 1.76. The van der Waals surface area contributed by atoms with Gasteiger partial charge in [-0.1, -0.05) is 6.92 Å². The van der Waals surface area contributed by atoms with Crippen LogP contribution in [0.2, 0.25) is 0 Å². The van der Waals surface area contributed by atoms with Crippen molar-refractivity contribution in [3.63, 3.8) is 0 Å². The van der Waals surface area contributed by atoms with Gasteiger partial charge in [0, 0.05) is 45.9 Å². The van der Waals surface area contributed by atoms with Gasteiger partial charge < -0.3 is 14.8 Å². The molecule has 0 bridgehead atoms. The predicted molar refractivity (Wildman–Crippen MR) is 72.6 cm³/mol. The molecule has 17 heavy (non-hydrogen) atoms. The first-order chi connectivity index (χ1) is 8.26. The minimum absolute atomic E-state index is 0.624. The average Bonchev–Trinajstić information content (AvgIpc) is 2.36. The van der Waals surface area contributed by atoms with Crippen LogP contribution in [-0.2, 0) is 9.47 Å². The summed E-state index contributed by atoms with van der Waals surface area (Å²) in [5.74, 6) is 0. The molecule has 0 aliphatic rings. The number of nitrogens with zero attached hydrogens (tertiary/aromatic N) is 1. The maximum Gasteiger partial charge on any atom is 0.0590 e. The first-order valence-electron chi connectivity index (χ1n) is 6.77. The van der Waals surface area contributed by atoms with Crippen molar-refractivity contribution in [1.29, 1.82) is 0 Å². The molecule has 0 amide bonds. The van der Waals surface area contributed by atoms with Crippen molar-refractivity contribution in [3.8, 4) is 0 Å². The highest BCUT2D eigenvalue weighted by Gasteiger charge is 2.10. The molecule has 0 heterocycles. The van der Waals surface area contributed by atoms with Gasteiger partial charge in [0.1, 0.15) is 0 Å². The number of hydrogen-bond donors (Lipinski definition) is 1. The molecule has 1 N–H and O–H groups in total. The van der Waals surface area contributed by atoms with E-state index in [2.05, 4.69) is 24.1 Å². The van der Waals surface area contributed by atoms with E-state index in [1.807, 2.05) is 6.92 Å². The third kappa shape index (κ3) is 9.53. The number of rotatable bonds is 12. The van der Waals surface area contributed by atoms with E-state index in [4.69, 9.17) is 9.47 Å². The Morgan fingerprint density at radius 3 is 2.47 bits per heavy atom. The SMILES string of the molecule is CCOCCNCCN(CCOC)C(C)CC. The number of methoxy groups -OCH3 is 1. The molecular weight excluding hydrogens is 216 g/mol. The first-order valence-corrected chi connectivity index (χ1v) is 6.77. The van der Waals surface area contributed by atoms with E-state index >= 15 is 0 Å². The van der Waals surface area contributed by atoms with Crippen LogP contribution in [0.3, 0.4) is 0 Å². The van der Waals surface area contributed by atoms with Crippen molar-refractivity contribution >= 4 is 0 Å². The van der Waals surface area contributed by atoms with Crippen LogP contribution in [0.1, 0.15) is 27.2 Å². The number of hydrogen-bond acceptors (Lipinski definition) is 4. The molecule has 4 heteroatoms. The molecule has 1 unspecified atom stereocenters. The second kappa shape index (κ2) is 12.3. The highest BCUT2D eigenvalue weighted by Crippen LogP contribution is 2.01. The van der Waals surface area contributed by atoms with Crippen LogP contribution in [-0.4, -0.2) is 64.1 Å². The van der Waals surface area contributed by atoms with Gasteiger partial charge in [0.25, 0.3) is 0 Å². The second-order valence-electron chi connectivity index (χ2n) is 4.23. The summed E-state index contributed by atoms with van der Waals surface area (Å²) >= 11 is 0. The summed E-state index contributed by atoms with van der Waals surface area (Å²) in [6.45, 7) is 13.0. The lowest BCUT2D eigenvalue weighted by Gasteiger charge is -2.28. The fourth-order valence-electron chi connectivity index (χ4n) is 1.66. The highest BCUT2D eigenvalue weighted by molar-refractivity contribution is 4.66. The van der Waals surface area contributed by atoms with Gasteiger partial charge in [0.15, 0.2) is 0 Å². The lowest BCUT2D eigenvalue weighted by atomic mass is 10.2. The van der Waals surface area contributed by atoms with E-state index in [-0.39, 0.29) is 0 Å². The van der Waals surface area contributed by atoms with Gasteiger partial charge in [-0.3, -0.25) is 4.90 Å². The summed E-state index contributed by atoms with van der Waals surface area (Å²) in [5, 5.41) is 3.40. The quantitative estimate of drug-likeness (QED) is 0.527. The normalized spacial score (nSPS) is 13.2. The van der Waals surface area contributed by atoms with Gasteiger partial charge in [-0.05, 0) is 20.3 Å². The summed E-state index contributed by atoms with van der Waals surface area (Å²) in [5.41, 5.74) is 0. The van der Waals surface area contributed by atoms with Gasteiger partial charge in [-0.25, -0.2) is 0 Å². The van der Waals surface area contributed by atoms with Crippen molar-refractivity contribution < 1.29 is 9.47 Å². The molecule has 0 saturated heterocycles. The molecule has 0 rings (SSSR count). The van der Waals surface area contributed by atoms with Crippen LogP contribution in [0, 0.1) is 0 Å². The Kier molecular flexibility index (Phi) is 12.2. The minimum atomic E-state index is 0.624. The molecule has 0 spiro atoms. The largest absolute Gasteiger partial charge is 0.383 e. The van der Waals surface area contributed by atoms with Crippen LogP contribution in [0.5, 0.6) is 0 Å². The van der Waals surface area contributed by atoms with Crippen LogP contribution < -0.4 is 5.32 Å². The van der Waals surface area contributed by atoms with E-state index < -0.39 is 0 Å². The number of nitrogens with one attached hydrogen (secondary N) is 1. The monoisotopic (exact) mass is 246 g/mol. The van der Waals surface area contributed by atoms with Crippen LogP contribution in [0.4, 0.5) is 0 Å². The zero-order valence-electron chi connectivity index (χ0n) is 12.0. The topological polar surface area (TPSA) is 33.7 Å². The molecule has 0 aromatic rings. The van der Waals surface area contributed by atoms with Crippen LogP contribution in [0.25, 0.3) is 0 Å². The third-order valence-corrected chi connectivity index (χ3v) is 3.00. The van der Waals surface area contributed by atoms with E-state index in [1.54, 1.807) is 7.11 Å². The summed E-state index contributed by atoms with van der Waals surface area (Å²) in [6.07, 6.45) is 1.18. The first kappa shape index (κ1) is 16.8. The smallest absolute Gasteiger partial charge is 0.0590 e. The van der Waals surface area contributed by atoms with Crippen LogP contribution in [0.15, 0.2) is 0 Å². The molecule has 104 valence electrons. The Morgan fingerprint density at radius 2 is 1.88 bits per heavy atom. The molecule has 4 nitrogen and oxygen atoms in total. The zero-order chi connectivity index (χ0) is 12.9. The Hall–Kier alpha value is -0.160. The van der Waals surface area contributed by atoms with Crippen molar-refractivity contribution in [3.05, 3.63) is 0 Å². The molecular formula is C13H30N2O2. The molecule has 0 radical (unpaired) electrons. The predicted octanol–water partition coefficient (Wildman–Crippen LogP) is 1.36. The van der Waals surface area contributed by atoms with Gasteiger partial charge in [0.2, 0.25) is 0 Å². The lowest BCUT2D eigenvalue weighted by Crippen LogP contribution is -2.40. The van der Waals surface area contributed by atoms with Crippen LogP contribution >= 0.6 is 0 Å². The van der Waals surface area contributed by atoms with E-state index in [1.165, 1.54) is 6.42 Å². The van der Waals surface area contributed by atoms with Crippen molar-refractivity contribution in [2.75, 3.05) is 53.1 Å². The van der Waals surface area contributed by atoms with Crippen molar-refractivity contribution in [1.82, 2.24) is 10.2 Å². The van der Waals surface area contributed by atoms with Gasteiger partial charge in [-0.2, -0.15) is 0 Å². The van der Waals surface area contributed by atoms with E-state index in [9.17, 15) is 0 Å². The van der Waals surface area contributed by atoms with Gasteiger partial charge in [0.05, 0.1) is 13.2 Å². The van der Waals surface area contributed by atoms with Crippen molar-refractivity contribution in [2.45, 2.75) is 33.2 Å². The Morgan fingerprint density at radius 1 is 1.12 bits per heavy atom. The molecule has 0 aromatic carbocycles. The maximum atomic E-state index is 5.28. The summed E-state index contributed by atoms with van der Waals surface area (Å²) in [4.78, 5) is 2.47. The standard InChI is InChI=1S/C13H30N2O2/c1-5-13(3)15(10-12-16-4)9-7-14-8-11-17-6-2/h13-14H,5-12H2,1-4H3. The maximum absolute atomic E-state index is 5.28. The molecule has 1 atom stereocenters. The number of ether oxygens (including phenoxy) is 2. The second-order valence-corrected chi connectivity index (χ2v) is 4.23. The third-order valence-electron chi connectivity index (χ3n) is 3.00. The van der Waals surface area contributed by atoms with Gasteiger partial charge in [-0.15, -0.1) is 0 Å². The molecule has 0 aromatic heterocycles. The Labute approximate surface area is 107 Å². The summed E-state index contributed by atoms with van der Waals surface area (Å²) in [6, 6.07) is 0.624. The van der Waals surface area contributed by atoms with Crippen molar-refractivity contribution in [2.24, 2.45) is 0 Å². The van der Waals surface area contributed by atoms with E-state index in [0.717, 1.165) is 46.0 Å². The molecule has 0 aliphatic heterocycles.